The molecular formula is C17H19N3O2. The highest BCUT2D eigenvalue weighted by atomic mass is 16.2. The van der Waals surface area contributed by atoms with Gasteiger partial charge in [-0.2, -0.15) is 0 Å². The lowest BCUT2D eigenvalue weighted by molar-refractivity contribution is -0.117. The number of carbonyl (C=O) groups is 2. The van der Waals surface area contributed by atoms with Crippen molar-refractivity contribution in [1.82, 2.24) is 0 Å². The Morgan fingerprint density at radius 1 is 1.00 bits per heavy atom. The maximum atomic E-state index is 12.5. The van der Waals surface area contributed by atoms with Gasteiger partial charge in [0, 0.05) is 11.4 Å². The van der Waals surface area contributed by atoms with Crippen LogP contribution in [0.1, 0.15) is 24.8 Å². The molecule has 5 nitrogen and oxygen atoms in total. The summed E-state index contributed by atoms with van der Waals surface area (Å²) in [5, 5.41) is 5.35. The molecule has 2 rings (SSSR count). The summed E-state index contributed by atoms with van der Waals surface area (Å²) in [5.74, 6) is -0.293. The van der Waals surface area contributed by atoms with Crippen molar-refractivity contribution in [3.8, 4) is 0 Å². The zero-order valence-corrected chi connectivity index (χ0v) is 12.4. The van der Waals surface area contributed by atoms with Gasteiger partial charge < -0.3 is 16.4 Å². The van der Waals surface area contributed by atoms with Crippen LogP contribution in [0, 0.1) is 0 Å². The molecule has 2 aromatic rings. The minimum absolute atomic E-state index is 0.0788. The topological polar surface area (TPSA) is 84.2 Å². The first kappa shape index (κ1) is 15.6. The van der Waals surface area contributed by atoms with Gasteiger partial charge in [-0.05, 0) is 30.2 Å². The fraction of sp³-hybridized carbons (Fsp3) is 0.176. The molecule has 1 unspecified atom stereocenters. The summed E-state index contributed by atoms with van der Waals surface area (Å²) in [7, 11) is 0. The molecule has 0 saturated heterocycles. The smallest absolute Gasteiger partial charge is 0.316 e. The average molecular weight is 297 g/mol. The van der Waals surface area contributed by atoms with Crippen LogP contribution in [-0.4, -0.2) is 11.9 Å². The van der Waals surface area contributed by atoms with E-state index in [1.807, 2.05) is 37.3 Å². The standard InChI is InChI=1S/C17H19N3O2/c1-2-15(12-7-4-3-5-8-12)16(21)19-13-9-6-10-14(11-13)20-17(18)22/h3-11,15H,2H2,1H3,(H,19,21)(H3,18,20,22). The third-order valence-corrected chi connectivity index (χ3v) is 3.32. The Bertz CT molecular complexity index is 656. The fourth-order valence-corrected chi connectivity index (χ4v) is 2.30. The van der Waals surface area contributed by atoms with Crippen LogP contribution in [0.15, 0.2) is 54.6 Å². The highest BCUT2D eigenvalue weighted by Crippen LogP contribution is 2.22. The summed E-state index contributed by atoms with van der Waals surface area (Å²) >= 11 is 0. The van der Waals surface area contributed by atoms with Gasteiger partial charge in [0.05, 0.1) is 5.92 Å². The molecule has 2 aromatic carbocycles. The minimum atomic E-state index is -0.640. The number of anilines is 2. The Kier molecular flexibility index (Phi) is 5.14. The Morgan fingerprint density at radius 2 is 1.64 bits per heavy atom. The molecule has 0 radical (unpaired) electrons. The van der Waals surface area contributed by atoms with Crippen LogP contribution < -0.4 is 16.4 Å². The summed E-state index contributed by atoms with van der Waals surface area (Å²) in [5.41, 5.74) is 7.22. The van der Waals surface area contributed by atoms with Crippen LogP contribution in [0.3, 0.4) is 0 Å². The summed E-state index contributed by atoms with van der Waals surface area (Å²) < 4.78 is 0. The van der Waals surface area contributed by atoms with E-state index >= 15 is 0 Å². The molecule has 0 heterocycles. The molecule has 0 aliphatic heterocycles. The number of hydrogen-bond acceptors (Lipinski definition) is 2. The van der Waals surface area contributed by atoms with Crippen LogP contribution >= 0.6 is 0 Å². The fourth-order valence-electron chi connectivity index (χ4n) is 2.30. The summed E-state index contributed by atoms with van der Waals surface area (Å²) in [4.78, 5) is 23.3. The molecule has 5 heteroatoms. The first-order valence-corrected chi connectivity index (χ1v) is 7.12. The molecule has 3 amide bonds. The largest absolute Gasteiger partial charge is 0.351 e. The SMILES string of the molecule is CCC(C(=O)Nc1cccc(NC(N)=O)c1)c1ccccc1. The lowest BCUT2D eigenvalue weighted by Gasteiger charge is -2.16. The Hall–Kier alpha value is -2.82. The van der Waals surface area contributed by atoms with Crippen LogP contribution in [0.5, 0.6) is 0 Å². The van der Waals surface area contributed by atoms with Crippen LogP contribution in [-0.2, 0) is 4.79 Å². The van der Waals surface area contributed by atoms with E-state index in [0.29, 0.717) is 17.8 Å². The quantitative estimate of drug-likeness (QED) is 0.791. The van der Waals surface area contributed by atoms with E-state index in [-0.39, 0.29) is 11.8 Å². The third-order valence-electron chi connectivity index (χ3n) is 3.32. The third kappa shape index (κ3) is 4.09. The van der Waals surface area contributed by atoms with Crippen molar-refractivity contribution >= 4 is 23.3 Å². The van der Waals surface area contributed by atoms with Gasteiger partial charge in [0.2, 0.25) is 5.91 Å². The van der Waals surface area contributed by atoms with E-state index in [1.54, 1.807) is 24.3 Å². The second-order valence-corrected chi connectivity index (χ2v) is 4.93. The zero-order valence-electron chi connectivity index (χ0n) is 12.4. The van der Waals surface area contributed by atoms with E-state index in [4.69, 9.17) is 5.73 Å². The van der Waals surface area contributed by atoms with Crippen molar-refractivity contribution in [3.05, 3.63) is 60.2 Å². The minimum Gasteiger partial charge on any atom is -0.351 e. The van der Waals surface area contributed by atoms with Crippen LogP contribution in [0.4, 0.5) is 16.2 Å². The molecule has 4 N–H and O–H groups in total. The molecule has 22 heavy (non-hydrogen) atoms. The summed E-state index contributed by atoms with van der Waals surface area (Å²) in [6, 6.07) is 15.9. The average Bonchev–Trinajstić information content (AvgIpc) is 2.48. The molecule has 0 spiro atoms. The van der Waals surface area contributed by atoms with Crippen LogP contribution in [0.25, 0.3) is 0 Å². The molecule has 1 atom stereocenters. The number of primary amides is 1. The number of nitrogens with one attached hydrogen (secondary N) is 2. The van der Waals surface area contributed by atoms with Gasteiger partial charge in [0.25, 0.3) is 0 Å². The van der Waals surface area contributed by atoms with Crippen molar-refractivity contribution in [2.24, 2.45) is 5.73 Å². The van der Waals surface area contributed by atoms with Crippen molar-refractivity contribution in [1.29, 1.82) is 0 Å². The van der Waals surface area contributed by atoms with Gasteiger partial charge in [-0.3, -0.25) is 4.79 Å². The first-order chi connectivity index (χ1) is 10.6. The summed E-state index contributed by atoms with van der Waals surface area (Å²) in [6.45, 7) is 1.97. The Labute approximate surface area is 129 Å². The molecule has 0 aromatic heterocycles. The number of hydrogen-bond donors (Lipinski definition) is 3. The summed E-state index contributed by atoms with van der Waals surface area (Å²) in [6.07, 6.45) is 0.703. The molecular weight excluding hydrogens is 278 g/mol. The van der Waals surface area contributed by atoms with Gasteiger partial charge in [0.1, 0.15) is 0 Å². The normalized spacial score (nSPS) is 11.5. The van der Waals surface area contributed by atoms with E-state index in [9.17, 15) is 9.59 Å². The molecule has 0 aliphatic carbocycles. The predicted octanol–water partition coefficient (Wildman–Crippen LogP) is 3.31. The number of amides is 3. The lowest BCUT2D eigenvalue weighted by Crippen LogP contribution is -2.21. The number of urea groups is 1. The van der Waals surface area contributed by atoms with Crippen molar-refractivity contribution < 1.29 is 9.59 Å². The van der Waals surface area contributed by atoms with Crippen molar-refractivity contribution in [2.75, 3.05) is 10.6 Å². The second-order valence-electron chi connectivity index (χ2n) is 4.93. The highest BCUT2D eigenvalue weighted by molar-refractivity contribution is 5.96. The van der Waals surface area contributed by atoms with E-state index in [0.717, 1.165) is 5.56 Å². The number of rotatable bonds is 5. The first-order valence-electron chi connectivity index (χ1n) is 7.12. The maximum Gasteiger partial charge on any atom is 0.316 e. The zero-order chi connectivity index (χ0) is 15.9. The van der Waals surface area contributed by atoms with Gasteiger partial charge in [-0.15, -0.1) is 0 Å². The predicted molar refractivity (Wildman–Crippen MR) is 87.8 cm³/mol. The number of benzene rings is 2. The molecule has 114 valence electrons. The van der Waals surface area contributed by atoms with Gasteiger partial charge in [0.15, 0.2) is 0 Å². The van der Waals surface area contributed by atoms with Gasteiger partial charge >= 0.3 is 6.03 Å². The monoisotopic (exact) mass is 297 g/mol. The molecule has 0 saturated carbocycles. The van der Waals surface area contributed by atoms with Crippen LogP contribution in [0.2, 0.25) is 0 Å². The number of nitrogens with two attached hydrogens (primary N) is 1. The maximum absolute atomic E-state index is 12.5. The molecule has 0 aliphatic rings. The second kappa shape index (κ2) is 7.26. The van der Waals surface area contributed by atoms with Gasteiger partial charge in [-0.1, -0.05) is 43.3 Å². The van der Waals surface area contributed by atoms with E-state index in [1.165, 1.54) is 0 Å². The molecule has 0 fully saturated rings. The van der Waals surface area contributed by atoms with Crippen molar-refractivity contribution in [3.63, 3.8) is 0 Å². The van der Waals surface area contributed by atoms with E-state index in [2.05, 4.69) is 10.6 Å². The lowest BCUT2D eigenvalue weighted by atomic mass is 9.95. The Balaban J connectivity index is 2.12. The molecule has 0 bridgehead atoms. The highest BCUT2D eigenvalue weighted by Gasteiger charge is 2.18. The Morgan fingerprint density at radius 3 is 2.23 bits per heavy atom. The number of carbonyl (C=O) groups excluding carboxylic acids is 2. The van der Waals surface area contributed by atoms with E-state index < -0.39 is 6.03 Å². The van der Waals surface area contributed by atoms with Gasteiger partial charge in [-0.25, -0.2) is 4.79 Å². The van der Waals surface area contributed by atoms with Crippen molar-refractivity contribution in [2.45, 2.75) is 19.3 Å².